The van der Waals surface area contributed by atoms with Crippen molar-refractivity contribution in [1.82, 2.24) is 15.2 Å². The molecular weight excluding hydrogens is 446 g/mol. The standard InChI is InChI=1S/C26H35N5O2S/c1-29(2)26(34)28-27-22-18-31(23-10-6-5-9-21(22)23)13-8-7-12-30-14-11-19-15-24(32-3)25(33-4)16-20(19)17-30/h5-6,9-10,15-16H,7-8,11-14,17-18H2,1-4H3,(H,28,34)/b27-22+. The first-order chi connectivity index (χ1) is 16.5. The number of anilines is 1. The number of para-hydroxylation sites is 1. The minimum atomic E-state index is 0.614. The van der Waals surface area contributed by atoms with Gasteiger partial charge in [0.2, 0.25) is 0 Å². The highest BCUT2D eigenvalue weighted by Crippen LogP contribution is 2.33. The molecule has 2 aromatic carbocycles. The summed E-state index contributed by atoms with van der Waals surface area (Å²) in [5.41, 5.74) is 9.22. The lowest BCUT2D eigenvalue weighted by Crippen LogP contribution is -2.33. The maximum Gasteiger partial charge on any atom is 0.189 e. The number of unbranched alkanes of at least 4 members (excludes halogenated alkanes) is 1. The number of benzene rings is 2. The van der Waals surface area contributed by atoms with Crippen LogP contribution in [0, 0.1) is 0 Å². The SMILES string of the molecule is COc1cc2c(cc1OC)CN(CCCCN1C/C(=N\NC(=S)N(C)C)c3ccccc31)CC2. The Morgan fingerprint density at radius 3 is 2.47 bits per heavy atom. The van der Waals surface area contributed by atoms with E-state index < -0.39 is 0 Å². The molecule has 0 fully saturated rings. The van der Waals surface area contributed by atoms with E-state index in [0.29, 0.717) is 5.11 Å². The third-order valence-electron chi connectivity index (χ3n) is 6.54. The Labute approximate surface area is 208 Å². The molecule has 2 aliphatic rings. The lowest BCUT2D eigenvalue weighted by molar-refractivity contribution is 0.248. The summed E-state index contributed by atoms with van der Waals surface area (Å²) < 4.78 is 11.0. The van der Waals surface area contributed by atoms with Crippen LogP contribution in [0.1, 0.15) is 29.5 Å². The molecule has 0 radical (unpaired) electrons. The van der Waals surface area contributed by atoms with Gasteiger partial charge in [-0.15, -0.1) is 0 Å². The highest BCUT2D eigenvalue weighted by Gasteiger charge is 2.25. The number of ether oxygens (including phenoxy) is 2. The van der Waals surface area contributed by atoms with Crippen molar-refractivity contribution in [2.24, 2.45) is 5.10 Å². The van der Waals surface area contributed by atoms with Crippen LogP contribution in [0.2, 0.25) is 0 Å². The summed E-state index contributed by atoms with van der Waals surface area (Å²) >= 11 is 5.32. The summed E-state index contributed by atoms with van der Waals surface area (Å²) in [6.07, 6.45) is 3.36. The Bertz CT molecular complexity index is 1060. The molecule has 0 aromatic heterocycles. The number of rotatable bonds is 8. The highest BCUT2D eigenvalue weighted by molar-refractivity contribution is 7.80. The lowest BCUT2D eigenvalue weighted by Gasteiger charge is -2.29. The predicted octanol–water partition coefficient (Wildman–Crippen LogP) is 3.50. The van der Waals surface area contributed by atoms with Crippen LogP contribution in [0.4, 0.5) is 5.69 Å². The van der Waals surface area contributed by atoms with Crippen molar-refractivity contribution in [3.63, 3.8) is 0 Å². The fourth-order valence-corrected chi connectivity index (χ4v) is 4.67. The van der Waals surface area contributed by atoms with Gasteiger partial charge in [0, 0.05) is 45.0 Å². The molecule has 182 valence electrons. The van der Waals surface area contributed by atoms with Crippen molar-refractivity contribution >= 4 is 28.7 Å². The van der Waals surface area contributed by atoms with E-state index in [2.05, 4.69) is 56.7 Å². The first-order valence-corrected chi connectivity index (χ1v) is 12.2. The topological polar surface area (TPSA) is 52.6 Å². The van der Waals surface area contributed by atoms with Gasteiger partial charge >= 0.3 is 0 Å². The minimum absolute atomic E-state index is 0.614. The zero-order chi connectivity index (χ0) is 24.1. The lowest BCUT2D eigenvalue weighted by atomic mass is 9.98. The Morgan fingerprint density at radius 1 is 1.03 bits per heavy atom. The molecule has 2 aromatic rings. The highest BCUT2D eigenvalue weighted by atomic mass is 32.1. The van der Waals surface area contributed by atoms with Crippen molar-refractivity contribution < 1.29 is 9.47 Å². The van der Waals surface area contributed by atoms with Crippen LogP contribution < -0.4 is 19.8 Å². The van der Waals surface area contributed by atoms with Gasteiger partial charge in [-0.25, -0.2) is 0 Å². The summed E-state index contributed by atoms with van der Waals surface area (Å²) in [5, 5.41) is 5.21. The summed E-state index contributed by atoms with van der Waals surface area (Å²) in [5.74, 6) is 1.64. The first kappa shape index (κ1) is 24.3. The second-order valence-electron chi connectivity index (χ2n) is 9.02. The van der Waals surface area contributed by atoms with Crippen LogP contribution in [0.15, 0.2) is 41.5 Å². The van der Waals surface area contributed by atoms with Crippen molar-refractivity contribution in [1.29, 1.82) is 0 Å². The van der Waals surface area contributed by atoms with Gasteiger partial charge in [-0.3, -0.25) is 10.3 Å². The average molecular weight is 482 g/mol. The Balaban J connectivity index is 1.30. The van der Waals surface area contributed by atoms with Crippen molar-refractivity contribution in [2.75, 3.05) is 59.4 Å². The third kappa shape index (κ3) is 5.45. The van der Waals surface area contributed by atoms with E-state index in [9.17, 15) is 0 Å². The van der Waals surface area contributed by atoms with E-state index in [1.165, 1.54) is 22.4 Å². The molecule has 8 heteroatoms. The number of methoxy groups -OCH3 is 2. The van der Waals surface area contributed by atoms with Crippen LogP contribution in [0.25, 0.3) is 0 Å². The molecule has 0 saturated heterocycles. The van der Waals surface area contributed by atoms with Crippen molar-refractivity contribution in [3.8, 4) is 11.5 Å². The molecule has 34 heavy (non-hydrogen) atoms. The minimum Gasteiger partial charge on any atom is -0.493 e. The number of hydrogen-bond donors (Lipinski definition) is 1. The van der Waals surface area contributed by atoms with Gasteiger partial charge in [-0.05, 0) is 67.4 Å². The largest absolute Gasteiger partial charge is 0.493 e. The van der Waals surface area contributed by atoms with Gasteiger partial charge in [0.25, 0.3) is 0 Å². The zero-order valence-electron chi connectivity index (χ0n) is 20.6. The number of hydrogen-bond acceptors (Lipinski definition) is 6. The molecule has 2 aliphatic heterocycles. The average Bonchev–Trinajstić information content (AvgIpc) is 3.21. The third-order valence-corrected chi connectivity index (χ3v) is 6.99. The van der Waals surface area contributed by atoms with E-state index in [4.69, 9.17) is 21.7 Å². The number of nitrogens with zero attached hydrogens (tertiary/aromatic N) is 4. The molecule has 0 amide bonds. The van der Waals surface area contributed by atoms with Crippen LogP contribution >= 0.6 is 12.2 Å². The summed E-state index contributed by atoms with van der Waals surface area (Å²) in [4.78, 5) is 6.83. The molecule has 0 atom stereocenters. The summed E-state index contributed by atoms with van der Waals surface area (Å²) in [7, 11) is 7.23. The van der Waals surface area contributed by atoms with Crippen LogP contribution in [0.5, 0.6) is 11.5 Å². The Morgan fingerprint density at radius 2 is 1.74 bits per heavy atom. The van der Waals surface area contributed by atoms with E-state index in [-0.39, 0.29) is 0 Å². The molecule has 0 unspecified atom stereocenters. The number of nitrogens with one attached hydrogen (secondary N) is 1. The van der Waals surface area contributed by atoms with Gasteiger partial charge in [-0.2, -0.15) is 5.10 Å². The number of thiocarbonyl (C=S) groups is 1. The summed E-state index contributed by atoms with van der Waals surface area (Å²) in [6, 6.07) is 12.8. The molecule has 7 nitrogen and oxygen atoms in total. The van der Waals surface area contributed by atoms with Crippen LogP contribution in [-0.4, -0.2) is 75.1 Å². The molecule has 0 bridgehead atoms. The van der Waals surface area contributed by atoms with Gasteiger partial charge in [0.15, 0.2) is 16.6 Å². The van der Waals surface area contributed by atoms with Crippen molar-refractivity contribution in [2.45, 2.75) is 25.8 Å². The maximum absolute atomic E-state index is 5.50. The Kier molecular flexibility index (Phi) is 7.90. The first-order valence-electron chi connectivity index (χ1n) is 11.8. The molecule has 1 N–H and O–H groups in total. The van der Waals surface area contributed by atoms with E-state index in [1.54, 1.807) is 14.2 Å². The normalized spacial score (nSPS) is 16.2. The van der Waals surface area contributed by atoms with Crippen LogP contribution in [-0.2, 0) is 13.0 Å². The molecule has 0 saturated carbocycles. The molecule has 4 rings (SSSR count). The van der Waals surface area contributed by atoms with Crippen molar-refractivity contribution in [3.05, 3.63) is 53.1 Å². The smallest absolute Gasteiger partial charge is 0.189 e. The monoisotopic (exact) mass is 481 g/mol. The van der Waals surface area contributed by atoms with Gasteiger partial charge in [0.05, 0.1) is 26.5 Å². The molecule has 2 heterocycles. The maximum atomic E-state index is 5.50. The Hall–Kier alpha value is -2.84. The summed E-state index contributed by atoms with van der Waals surface area (Å²) in [6.45, 7) is 4.98. The molecule has 0 aliphatic carbocycles. The fourth-order valence-electron chi connectivity index (χ4n) is 4.63. The van der Waals surface area contributed by atoms with Crippen LogP contribution in [0.3, 0.4) is 0 Å². The number of fused-ring (bicyclic) bond motifs is 2. The molecule has 0 spiro atoms. The second kappa shape index (κ2) is 11.1. The van der Waals surface area contributed by atoms with Gasteiger partial charge in [0.1, 0.15) is 0 Å². The fraction of sp³-hybridized carbons (Fsp3) is 0.462. The van der Waals surface area contributed by atoms with E-state index in [1.807, 2.05) is 19.0 Å². The van der Waals surface area contributed by atoms with E-state index in [0.717, 1.165) is 69.2 Å². The van der Waals surface area contributed by atoms with Gasteiger partial charge < -0.3 is 19.3 Å². The quantitative estimate of drug-likeness (QED) is 0.352. The second-order valence-corrected chi connectivity index (χ2v) is 9.40. The van der Waals surface area contributed by atoms with E-state index >= 15 is 0 Å². The predicted molar refractivity (Wildman–Crippen MR) is 142 cm³/mol. The zero-order valence-corrected chi connectivity index (χ0v) is 21.5. The number of hydrazone groups is 1. The van der Waals surface area contributed by atoms with Gasteiger partial charge in [-0.1, -0.05) is 18.2 Å². The molecular formula is C26H35N5O2S.